The Morgan fingerprint density at radius 3 is 2.95 bits per heavy atom. The van der Waals surface area contributed by atoms with E-state index in [9.17, 15) is 0 Å². The van der Waals surface area contributed by atoms with Crippen molar-refractivity contribution in [3.8, 4) is 5.75 Å². The quantitative estimate of drug-likeness (QED) is 0.925. The molecule has 1 N–H and O–H groups in total. The first kappa shape index (κ1) is 16.3. The fraction of sp³-hybridized carbons (Fsp3) is 0.529. The lowest BCUT2D eigenvalue weighted by Gasteiger charge is -2.22. The number of nitrogens with one attached hydrogen (secondary N) is 1. The van der Waals surface area contributed by atoms with Crippen LogP contribution in [-0.4, -0.2) is 44.7 Å². The molecule has 1 unspecified atom stereocenters. The van der Waals surface area contributed by atoms with Gasteiger partial charge in [-0.05, 0) is 37.4 Å². The third-order valence-electron chi connectivity index (χ3n) is 4.65. The predicted octanol–water partition coefficient (Wildman–Crippen LogP) is 2.82. The zero-order valence-corrected chi connectivity index (χ0v) is 13.5. The van der Waals surface area contributed by atoms with Crippen LogP contribution in [0.3, 0.4) is 0 Å². The van der Waals surface area contributed by atoms with Gasteiger partial charge >= 0.3 is 0 Å². The zero-order chi connectivity index (χ0) is 13.8. The summed E-state index contributed by atoms with van der Waals surface area (Å²) in [6.45, 7) is 5.93. The Labute approximate surface area is 133 Å². The predicted molar refractivity (Wildman–Crippen MR) is 90.3 cm³/mol. The van der Waals surface area contributed by atoms with Gasteiger partial charge in [0.25, 0.3) is 0 Å². The van der Waals surface area contributed by atoms with E-state index in [1.807, 2.05) is 12.1 Å². The lowest BCUT2D eigenvalue weighted by molar-refractivity contribution is 0.293. The molecule has 0 saturated carbocycles. The molecule has 0 aromatic heterocycles. The molecular weight excluding hydrogens is 284 g/mol. The molecule has 2 heterocycles. The maximum absolute atomic E-state index is 5.37. The normalized spacial score (nSPS) is 25.6. The summed E-state index contributed by atoms with van der Waals surface area (Å²) >= 11 is 0. The van der Waals surface area contributed by atoms with E-state index >= 15 is 0 Å². The van der Waals surface area contributed by atoms with Crippen molar-refractivity contribution in [2.45, 2.75) is 12.8 Å². The van der Waals surface area contributed by atoms with Crippen LogP contribution in [0.1, 0.15) is 18.4 Å². The number of rotatable bonds is 4. The first-order valence-corrected chi connectivity index (χ1v) is 7.54. The van der Waals surface area contributed by atoms with Gasteiger partial charge in [0.1, 0.15) is 5.75 Å². The van der Waals surface area contributed by atoms with Crippen molar-refractivity contribution in [1.29, 1.82) is 0 Å². The van der Waals surface area contributed by atoms with Crippen LogP contribution in [0, 0.1) is 5.41 Å². The fourth-order valence-electron chi connectivity index (χ4n) is 3.46. The lowest BCUT2D eigenvalue weighted by atomic mass is 9.87. The Kier molecular flexibility index (Phi) is 5.68. The fourth-order valence-corrected chi connectivity index (χ4v) is 3.46. The molecule has 116 valence electrons. The molecule has 0 bridgehead atoms. The van der Waals surface area contributed by atoms with E-state index in [0.29, 0.717) is 5.41 Å². The van der Waals surface area contributed by atoms with E-state index in [4.69, 9.17) is 4.74 Å². The van der Waals surface area contributed by atoms with Gasteiger partial charge in [0.05, 0.1) is 7.11 Å². The number of hydrogen-bond acceptors (Lipinski definition) is 3. The zero-order valence-electron chi connectivity index (χ0n) is 12.7. The van der Waals surface area contributed by atoms with Crippen LogP contribution >= 0.6 is 12.4 Å². The standard InChI is InChI=1S/C17H24N2O.ClH/c1-20-16-7-3-2-5-15(16)6-4-11-19-12-9-17(14-19)8-10-18-13-17;/h2-7,18H,8-14H2,1H3;1H/b6-4+;. The molecule has 4 heteroatoms. The van der Waals surface area contributed by atoms with Crippen LogP contribution in [0.2, 0.25) is 0 Å². The molecule has 3 nitrogen and oxygen atoms in total. The number of halogens is 1. The molecule has 1 spiro atoms. The molecule has 1 aromatic carbocycles. The highest BCUT2D eigenvalue weighted by Crippen LogP contribution is 2.35. The second kappa shape index (κ2) is 7.30. The molecule has 3 rings (SSSR count). The van der Waals surface area contributed by atoms with Gasteiger partial charge in [-0.1, -0.05) is 30.4 Å². The number of hydrogen-bond donors (Lipinski definition) is 1. The highest BCUT2D eigenvalue weighted by atomic mass is 35.5. The molecule has 2 aliphatic rings. The Morgan fingerprint density at radius 2 is 2.19 bits per heavy atom. The first-order chi connectivity index (χ1) is 9.81. The minimum Gasteiger partial charge on any atom is -0.496 e. The number of benzene rings is 1. The van der Waals surface area contributed by atoms with Crippen molar-refractivity contribution in [3.63, 3.8) is 0 Å². The van der Waals surface area contributed by atoms with E-state index in [0.717, 1.165) is 17.9 Å². The summed E-state index contributed by atoms with van der Waals surface area (Å²) in [6.07, 6.45) is 7.14. The van der Waals surface area contributed by atoms with Crippen LogP contribution in [0.25, 0.3) is 6.08 Å². The summed E-state index contributed by atoms with van der Waals surface area (Å²) in [5.41, 5.74) is 1.73. The molecule has 2 fully saturated rings. The van der Waals surface area contributed by atoms with E-state index in [1.54, 1.807) is 7.11 Å². The second-order valence-electron chi connectivity index (χ2n) is 6.06. The number of para-hydroxylation sites is 1. The van der Waals surface area contributed by atoms with Gasteiger partial charge in [0.2, 0.25) is 0 Å². The summed E-state index contributed by atoms with van der Waals surface area (Å²) < 4.78 is 5.37. The topological polar surface area (TPSA) is 24.5 Å². The van der Waals surface area contributed by atoms with Gasteiger partial charge in [-0.15, -0.1) is 12.4 Å². The number of methoxy groups -OCH3 is 1. The Bertz CT molecular complexity index is 483. The highest BCUT2D eigenvalue weighted by Gasteiger charge is 2.39. The smallest absolute Gasteiger partial charge is 0.126 e. The Morgan fingerprint density at radius 1 is 1.33 bits per heavy atom. The van der Waals surface area contributed by atoms with Crippen molar-refractivity contribution in [2.24, 2.45) is 5.41 Å². The third kappa shape index (κ3) is 3.79. The van der Waals surface area contributed by atoms with Gasteiger partial charge < -0.3 is 10.1 Å². The van der Waals surface area contributed by atoms with Gasteiger partial charge in [0, 0.05) is 25.2 Å². The minimum absolute atomic E-state index is 0. The van der Waals surface area contributed by atoms with Crippen LogP contribution in [0.4, 0.5) is 0 Å². The molecule has 21 heavy (non-hydrogen) atoms. The van der Waals surface area contributed by atoms with Crippen LogP contribution in [0.15, 0.2) is 30.3 Å². The average Bonchev–Trinajstić information content (AvgIpc) is 3.10. The van der Waals surface area contributed by atoms with E-state index in [-0.39, 0.29) is 12.4 Å². The third-order valence-corrected chi connectivity index (χ3v) is 4.65. The van der Waals surface area contributed by atoms with Gasteiger partial charge in [-0.25, -0.2) is 0 Å². The van der Waals surface area contributed by atoms with Crippen molar-refractivity contribution in [3.05, 3.63) is 35.9 Å². The lowest BCUT2D eigenvalue weighted by Crippen LogP contribution is -2.29. The largest absolute Gasteiger partial charge is 0.496 e. The van der Waals surface area contributed by atoms with Gasteiger partial charge in [-0.2, -0.15) is 0 Å². The number of nitrogens with zero attached hydrogens (tertiary/aromatic N) is 1. The van der Waals surface area contributed by atoms with Crippen LogP contribution in [0.5, 0.6) is 5.75 Å². The summed E-state index contributed by atoms with van der Waals surface area (Å²) in [5.74, 6) is 0.946. The number of likely N-dealkylation sites (tertiary alicyclic amines) is 1. The van der Waals surface area contributed by atoms with Gasteiger partial charge in [-0.3, -0.25) is 4.90 Å². The van der Waals surface area contributed by atoms with E-state index in [1.165, 1.54) is 39.0 Å². The van der Waals surface area contributed by atoms with Crippen molar-refractivity contribution in [2.75, 3.05) is 39.8 Å². The average molecular weight is 309 g/mol. The maximum atomic E-state index is 5.37. The van der Waals surface area contributed by atoms with E-state index < -0.39 is 0 Å². The minimum atomic E-state index is 0. The number of ether oxygens (including phenoxy) is 1. The van der Waals surface area contributed by atoms with Crippen molar-refractivity contribution >= 4 is 18.5 Å². The van der Waals surface area contributed by atoms with Gasteiger partial charge in [0.15, 0.2) is 0 Å². The summed E-state index contributed by atoms with van der Waals surface area (Å²) in [5, 5.41) is 3.51. The van der Waals surface area contributed by atoms with Crippen molar-refractivity contribution < 1.29 is 4.74 Å². The molecular formula is C17H25ClN2O. The summed E-state index contributed by atoms with van der Waals surface area (Å²) in [7, 11) is 1.73. The van der Waals surface area contributed by atoms with E-state index in [2.05, 4.69) is 34.5 Å². The summed E-state index contributed by atoms with van der Waals surface area (Å²) in [6, 6.07) is 8.17. The molecule has 2 saturated heterocycles. The molecule has 1 aromatic rings. The summed E-state index contributed by atoms with van der Waals surface area (Å²) in [4.78, 5) is 2.57. The Hall–Kier alpha value is -1.03. The van der Waals surface area contributed by atoms with Crippen LogP contribution < -0.4 is 10.1 Å². The SMILES string of the molecule is COc1ccccc1/C=C/CN1CCC2(CCNC2)C1.Cl. The molecule has 0 radical (unpaired) electrons. The molecule has 1 atom stereocenters. The van der Waals surface area contributed by atoms with Crippen molar-refractivity contribution in [1.82, 2.24) is 10.2 Å². The molecule has 2 aliphatic heterocycles. The Balaban J connectivity index is 0.00000161. The molecule has 0 amide bonds. The van der Waals surface area contributed by atoms with Crippen LogP contribution in [-0.2, 0) is 0 Å². The highest BCUT2D eigenvalue weighted by molar-refractivity contribution is 5.85. The first-order valence-electron chi connectivity index (χ1n) is 7.54. The maximum Gasteiger partial charge on any atom is 0.126 e. The molecule has 0 aliphatic carbocycles. The monoisotopic (exact) mass is 308 g/mol. The second-order valence-corrected chi connectivity index (χ2v) is 6.06.